The quantitative estimate of drug-likeness (QED) is 0.335. The second-order valence-corrected chi connectivity index (χ2v) is 2.87. The highest BCUT2D eigenvalue weighted by molar-refractivity contribution is 5.92. The van der Waals surface area contributed by atoms with Crippen molar-refractivity contribution in [2.45, 2.75) is 6.92 Å². The van der Waals surface area contributed by atoms with Gasteiger partial charge in [0.1, 0.15) is 0 Å². The van der Waals surface area contributed by atoms with E-state index >= 15 is 0 Å². The maximum absolute atomic E-state index is 8.36. The van der Waals surface area contributed by atoms with Gasteiger partial charge < -0.3 is 5.21 Å². The van der Waals surface area contributed by atoms with E-state index in [1.54, 1.807) is 13.0 Å². The van der Waals surface area contributed by atoms with Crippen LogP contribution in [0.25, 0.3) is 6.08 Å². The molecule has 1 aromatic rings. The number of hydrogen-bond acceptors (Lipinski definition) is 2. The Labute approximate surface area is 83.9 Å². The van der Waals surface area contributed by atoms with E-state index in [9.17, 15) is 0 Å². The zero-order valence-corrected chi connectivity index (χ0v) is 8.09. The van der Waals surface area contributed by atoms with Gasteiger partial charge in [-0.2, -0.15) is 0 Å². The second kappa shape index (κ2) is 5.75. The Bertz CT molecular complexity index is 350. The van der Waals surface area contributed by atoms with Crippen LogP contribution >= 0.6 is 0 Å². The summed E-state index contributed by atoms with van der Waals surface area (Å²) in [7, 11) is 0. The minimum Gasteiger partial charge on any atom is -0.411 e. The van der Waals surface area contributed by atoms with Crippen LogP contribution in [0.15, 0.2) is 53.7 Å². The molecule has 0 fully saturated rings. The van der Waals surface area contributed by atoms with Gasteiger partial charge in [-0.3, -0.25) is 0 Å². The molecule has 14 heavy (non-hydrogen) atoms. The maximum atomic E-state index is 8.36. The van der Waals surface area contributed by atoms with Crippen molar-refractivity contribution < 1.29 is 5.21 Å². The van der Waals surface area contributed by atoms with E-state index < -0.39 is 0 Å². The van der Waals surface area contributed by atoms with Crippen molar-refractivity contribution in [3.8, 4) is 0 Å². The van der Waals surface area contributed by atoms with Crippen molar-refractivity contribution in [2.75, 3.05) is 0 Å². The molecule has 0 radical (unpaired) electrons. The Balaban J connectivity index is 2.54. The van der Waals surface area contributed by atoms with Gasteiger partial charge in [0.2, 0.25) is 0 Å². The minimum absolute atomic E-state index is 0.586. The first-order valence-corrected chi connectivity index (χ1v) is 4.41. The molecule has 0 amide bonds. The summed E-state index contributed by atoms with van der Waals surface area (Å²) in [6.07, 6.45) is 7.46. The van der Waals surface area contributed by atoms with Crippen molar-refractivity contribution >= 4 is 11.8 Å². The third-order valence-electron chi connectivity index (χ3n) is 1.69. The van der Waals surface area contributed by atoms with Crippen LogP contribution in [0.2, 0.25) is 0 Å². The highest BCUT2D eigenvalue weighted by Crippen LogP contribution is 2.00. The molecule has 1 aromatic carbocycles. The molecule has 0 bridgehead atoms. The van der Waals surface area contributed by atoms with Gasteiger partial charge in [-0.15, -0.1) is 0 Å². The summed E-state index contributed by atoms with van der Waals surface area (Å²) >= 11 is 0. The average molecular weight is 187 g/mol. The molecule has 0 saturated carbocycles. The molecule has 0 aromatic heterocycles. The van der Waals surface area contributed by atoms with Gasteiger partial charge in [0.05, 0.1) is 5.71 Å². The summed E-state index contributed by atoms with van der Waals surface area (Å²) in [5, 5.41) is 11.4. The Morgan fingerprint density at radius 1 is 1.21 bits per heavy atom. The zero-order chi connectivity index (χ0) is 10.2. The van der Waals surface area contributed by atoms with Gasteiger partial charge in [-0.05, 0) is 18.6 Å². The number of hydrogen-bond donors (Lipinski definition) is 1. The largest absolute Gasteiger partial charge is 0.411 e. The van der Waals surface area contributed by atoms with Crippen LogP contribution in [-0.2, 0) is 0 Å². The standard InChI is InChI=1S/C12H13NO/c1-11(13-14)7-5-6-10-12-8-3-2-4-9-12/h2-10,14H,1H3/b7-5-,10-6+,13-11+. The maximum Gasteiger partial charge on any atom is 0.0764 e. The first kappa shape index (κ1) is 10.3. The Kier molecular flexibility index (Phi) is 4.21. The summed E-state index contributed by atoms with van der Waals surface area (Å²) in [4.78, 5) is 0. The van der Waals surface area contributed by atoms with Gasteiger partial charge in [-0.1, -0.05) is 53.7 Å². The molecular weight excluding hydrogens is 174 g/mol. The highest BCUT2D eigenvalue weighted by atomic mass is 16.4. The van der Waals surface area contributed by atoms with Crippen LogP contribution in [0.5, 0.6) is 0 Å². The lowest BCUT2D eigenvalue weighted by Gasteiger charge is -1.88. The summed E-state index contributed by atoms with van der Waals surface area (Å²) < 4.78 is 0. The van der Waals surface area contributed by atoms with E-state index in [2.05, 4.69) is 5.16 Å². The van der Waals surface area contributed by atoms with E-state index in [-0.39, 0.29) is 0 Å². The molecule has 0 aliphatic rings. The molecule has 2 nitrogen and oxygen atoms in total. The molecular formula is C12H13NO. The molecule has 2 heteroatoms. The lowest BCUT2D eigenvalue weighted by atomic mass is 10.2. The molecule has 72 valence electrons. The van der Waals surface area contributed by atoms with E-state index in [0.29, 0.717) is 5.71 Å². The summed E-state index contributed by atoms with van der Waals surface area (Å²) in [6, 6.07) is 10.0. The van der Waals surface area contributed by atoms with E-state index in [1.807, 2.05) is 48.6 Å². The van der Waals surface area contributed by atoms with Crippen molar-refractivity contribution in [3.63, 3.8) is 0 Å². The minimum atomic E-state index is 0.586. The molecule has 0 saturated heterocycles. The van der Waals surface area contributed by atoms with Crippen LogP contribution < -0.4 is 0 Å². The van der Waals surface area contributed by atoms with Crippen molar-refractivity contribution in [1.82, 2.24) is 0 Å². The van der Waals surface area contributed by atoms with Crippen molar-refractivity contribution in [3.05, 3.63) is 54.1 Å². The molecule has 0 spiro atoms. The fourth-order valence-electron chi connectivity index (χ4n) is 0.959. The van der Waals surface area contributed by atoms with Crippen LogP contribution in [0.4, 0.5) is 0 Å². The van der Waals surface area contributed by atoms with Gasteiger partial charge in [0.15, 0.2) is 0 Å². The van der Waals surface area contributed by atoms with Crippen LogP contribution in [-0.4, -0.2) is 10.9 Å². The van der Waals surface area contributed by atoms with Gasteiger partial charge in [-0.25, -0.2) is 0 Å². The van der Waals surface area contributed by atoms with E-state index in [4.69, 9.17) is 5.21 Å². The smallest absolute Gasteiger partial charge is 0.0764 e. The molecule has 0 atom stereocenters. The normalized spacial score (nSPS) is 12.8. The molecule has 0 aliphatic heterocycles. The Morgan fingerprint density at radius 2 is 1.93 bits per heavy atom. The number of allylic oxidation sites excluding steroid dienone is 3. The predicted octanol–water partition coefficient (Wildman–Crippen LogP) is 3.11. The van der Waals surface area contributed by atoms with Crippen LogP contribution in [0.3, 0.4) is 0 Å². The van der Waals surface area contributed by atoms with Crippen LogP contribution in [0, 0.1) is 0 Å². The fourth-order valence-corrected chi connectivity index (χ4v) is 0.959. The van der Waals surface area contributed by atoms with Crippen molar-refractivity contribution in [2.24, 2.45) is 5.16 Å². The number of benzene rings is 1. The van der Waals surface area contributed by atoms with Gasteiger partial charge in [0, 0.05) is 0 Å². The van der Waals surface area contributed by atoms with Gasteiger partial charge >= 0.3 is 0 Å². The van der Waals surface area contributed by atoms with E-state index in [1.165, 1.54) is 0 Å². The number of nitrogens with zero attached hydrogens (tertiary/aromatic N) is 1. The topological polar surface area (TPSA) is 32.6 Å². The lowest BCUT2D eigenvalue weighted by Crippen LogP contribution is -1.80. The third kappa shape index (κ3) is 3.72. The predicted molar refractivity (Wildman–Crippen MR) is 59.5 cm³/mol. The molecule has 1 rings (SSSR count). The summed E-state index contributed by atoms with van der Waals surface area (Å²) in [5.74, 6) is 0. The Morgan fingerprint density at radius 3 is 2.57 bits per heavy atom. The summed E-state index contributed by atoms with van der Waals surface area (Å²) in [6.45, 7) is 1.73. The highest BCUT2D eigenvalue weighted by Gasteiger charge is 1.81. The second-order valence-electron chi connectivity index (χ2n) is 2.87. The third-order valence-corrected chi connectivity index (χ3v) is 1.69. The fraction of sp³-hybridized carbons (Fsp3) is 0.0833. The average Bonchev–Trinajstić information content (AvgIpc) is 2.25. The monoisotopic (exact) mass is 187 g/mol. The zero-order valence-electron chi connectivity index (χ0n) is 8.09. The Hall–Kier alpha value is -1.83. The SMILES string of the molecule is CC(/C=C\C=C\c1ccccc1)=N\O. The molecule has 1 N–H and O–H groups in total. The van der Waals surface area contributed by atoms with Crippen LogP contribution in [0.1, 0.15) is 12.5 Å². The molecule has 0 unspecified atom stereocenters. The van der Waals surface area contributed by atoms with Crippen molar-refractivity contribution in [1.29, 1.82) is 0 Å². The van der Waals surface area contributed by atoms with E-state index in [0.717, 1.165) is 5.56 Å². The van der Waals surface area contributed by atoms with Gasteiger partial charge in [0.25, 0.3) is 0 Å². The molecule has 0 aliphatic carbocycles. The summed E-state index contributed by atoms with van der Waals surface area (Å²) in [5.41, 5.74) is 1.73. The number of rotatable bonds is 3. The molecule has 0 heterocycles. The number of oxime groups is 1. The lowest BCUT2D eigenvalue weighted by molar-refractivity contribution is 0.319. The first-order chi connectivity index (χ1) is 6.83. The first-order valence-electron chi connectivity index (χ1n) is 4.41.